The van der Waals surface area contributed by atoms with Crippen molar-refractivity contribution in [2.24, 2.45) is 0 Å². The Bertz CT molecular complexity index is 1330. The number of benzene rings is 3. The fraction of sp³-hybridized carbons (Fsp3) is 0.207. The number of para-hydroxylation sites is 1. The molecule has 1 heterocycles. The van der Waals surface area contributed by atoms with E-state index in [0.717, 1.165) is 50.2 Å². The molecule has 0 aliphatic rings. The minimum absolute atomic E-state index is 0.187. The molecule has 0 saturated heterocycles. The Labute approximate surface area is 200 Å². The lowest BCUT2D eigenvalue weighted by molar-refractivity contribution is -0.111. The highest BCUT2D eigenvalue weighted by Gasteiger charge is 2.15. The molecule has 0 unspecified atom stereocenters. The van der Waals surface area contributed by atoms with Crippen LogP contribution in [-0.2, 0) is 4.79 Å². The number of allylic oxidation sites excluding steroid dienone is 1. The highest BCUT2D eigenvalue weighted by Crippen LogP contribution is 2.38. The maximum Gasteiger partial charge on any atom is 0.248 e. The average Bonchev–Trinajstić information content (AvgIpc) is 3.24. The third-order valence-corrected chi connectivity index (χ3v) is 5.63. The molecule has 174 valence electrons. The zero-order valence-electron chi connectivity index (χ0n) is 20.0. The van der Waals surface area contributed by atoms with Gasteiger partial charge in [0.1, 0.15) is 17.1 Å². The first kappa shape index (κ1) is 23.2. The van der Waals surface area contributed by atoms with Crippen molar-refractivity contribution < 1.29 is 18.7 Å². The Morgan fingerprint density at radius 3 is 2.44 bits per heavy atom. The van der Waals surface area contributed by atoms with Crippen LogP contribution in [0.5, 0.6) is 11.5 Å². The van der Waals surface area contributed by atoms with Gasteiger partial charge < -0.3 is 19.2 Å². The van der Waals surface area contributed by atoms with E-state index >= 15 is 0 Å². The van der Waals surface area contributed by atoms with Gasteiger partial charge in [0.05, 0.1) is 19.5 Å². The summed E-state index contributed by atoms with van der Waals surface area (Å²) in [7, 11) is 0. The van der Waals surface area contributed by atoms with Gasteiger partial charge >= 0.3 is 0 Å². The fourth-order valence-electron chi connectivity index (χ4n) is 3.92. The molecule has 1 N–H and O–H groups in total. The van der Waals surface area contributed by atoms with Gasteiger partial charge in [-0.25, -0.2) is 0 Å². The molecular formula is C29H29NO4. The van der Waals surface area contributed by atoms with Crippen LogP contribution in [0.15, 0.2) is 77.4 Å². The van der Waals surface area contributed by atoms with Crippen LogP contribution in [0.25, 0.3) is 27.7 Å². The number of nitrogens with one attached hydrogen (secondary N) is 1. The number of aryl methyl sites for hydroxylation is 1. The third-order valence-electron chi connectivity index (χ3n) is 5.63. The normalized spacial score (nSPS) is 11.5. The van der Waals surface area contributed by atoms with Gasteiger partial charge in [0.25, 0.3) is 0 Å². The van der Waals surface area contributed by atoms with Crippen molar-refractivity contribution in [2.75, 3.05) is 18.5 Å². The Hall–Kier alpha value is -3.99. The first-order valence-electron chi connectivity index (χ1n) is 11.5. The molecule has 0 aliphatic heterocycles. The van der Waals surface area contributed by atoms with Crippen LogP contribution >= 0.6 is 0 Å². The van der Waals surface area contributed by atoms with Crippen LogP contribution in [0.4, 0.5) is 5.69 Å². The van der Waals surface area contributed by atoms with Gasteiger partial charge in [-0.15, -0.1) is 0 Å². The quantitative estimate of drug-likeness (QED) is 0.284. The summed E-state index contributed by atoms with van der Waals surface area (Å²) in [6, 6.07) is 19.6. The Balaban J connectivity index is 1.71. The highest BCUT2D eigenvalue weighted by molar-refractivity contribution is 6.05. The van der Waals surface area contributed by atoms with Gasteiger partial charge in [-0.3, -0.25) is 4.79 Å². The second-order valence-electron chi connectivity index (χ2n) is 8.02. The summed E-state index contributed by atoms with van der Waals surface area (Å²) in [5, 5.41) is 3.91. The molecule has 0 saturated carbocycles. The maximum atomic E-state index is 12.7. The van der Waals surface area contributed by atoms with Crippen molar-refractivity contribution in [1.29, 1.82) is 0 Å². The van der Waals surface area contributed by atoms with E-state index in [1.165, 1.54) is 0 Å². The average molecular weight is 456 g/mol. The lowest BCUT2D eigenvalue weighted by Gasteiger charge is -2.12. The van der Waals surface area contributed by atoms with Crippen molar-refractivity contribution in [3.63, 3.8) is 0 Å². The molecule has 0 bridgehead atoms. The molecular weight excluding hydrogens is 426 g/mol. The zero-order chi connectivity index (χ0) is 24.1. The number of amides is 1. The van der Waals surface area contributed by atoms with Gasteiger partial charge in [0.2, 0.25) is 5.91 Å². The van der Waals surface area contributed by atoms with Crippen LogP contribution in [0.1, 0.15) is 31.9 Å². The SMILES string of the molecule is CCOc1ccc(-c2coc3cc(OCC)c(/C(C)=C/C(=O)Nc4ccccc4C)cc23)cc1. The Morgan fingerprint density at radius 2 is 1.74 bits per heavy atom. The topological polar surface area (TPSA) is 60.7 Å². The number of furan rings is 1. The lowest BCUT2D eigenvalue weighted by Crippen LogP contribution is -2.09. The fourth-order valence-corrected chi connectivity index (χ4v) is 3.92. The lowest BCUT2D eigenvalue weighted by atomic mass is 9.99. The number of carbonyl (C=O) groups is 1. The first-order chi connectivity index (χ1) is 16.5. The van der Waals surface area contributed by atoms with E-state index in [9.17, 15) is 4.79 Å². The summed E-state index contributed by atoms with van der Waals surface area (Å²) >= 11 is 0. The summed E-state index contributed by atoms with van der Waals surface area (Å²) in [5.74, 6) is 1.32. The summed E-state index contributed by atoms with van der Waals surface area (Å²) < 4.78 is 17.3. The van der Waals surface area contributed by atoms with E-state index in [0.29, 0.717) is 19.0 Å². The number of rotatable bonds is 8. The van der Waals surface area contributed by atoms with E-state index in [-0.39, 0.29) is 5.91 Å². The Kier molecular flexibility index (Phi) is 7.02. The first-order valence-corrected chi connectivity index (χ1v) is 11.5. The predicted octanol–water partition coefficient (Wildman–Crippen LogP) is 7.25. The number of hydrogen-bond acceptors (Lipinski definition) is 4. The molecule has 5 heteroatoms. The maximum absolute atomic E-state index is 12.7. The molecule has 0 atom stereocenters. The molecule has 4 rings (SSSR count). The summed E-state index contributed by atoms with van der Waals surface area (Å²) in [6.07, 6.45) is 3.36. The van der Waals surface area contributed by atoms with Gasteiger partial charge in [-0.1, -0.05) is 30.3 Å². The minimum atomic E-state index is -0.187. The molecule has 0 spiro atoms. The van der Waals surface area contributed by atoms with Gasteiger partial charge in [0, 0.05) is 34.3 Å². The molecule has 34 heavy (non-hydrogen) atoms. The number of hydrogen-bond donors (Lipinski definition) is 1. The second-order valence-corrected chi connectivity index (χ2v) is 8.02. The van der Waals surface area contributed by atoms with E-state index in [2.05, 4.69) is 5.32 Å². The molecule has 3 aromatic carbocycles. The van der Waals surface area contributed by atoms with Crippen molar-refractivity contribution in [1.82, 2.24) is 0 Å². The molecule has 0 fully saturated rings. The predicted molar refractivity (Wildman–Crippen MR) is 137 cm³/mol. The van der Waals surface area contributed by atoms with Crippen LogP contribution < -0.4 is 14.8 Å². The highest BCUT2D eigenvalue weighted by atomic mass is 16.5. The van der Waals surface area contributed by atoms with E-state index in [4.69, 9.17) is 13.9 Å². The number of carbonyl (C=O) groups excluding carboxylic acids is 1. The second kappa shape index (κ2) is 10.3. The third kappa shape index (κ3) is 4.99. The Morgan fingerprint density at radius 1 is 1.00 bits per heavy atom. The molecule has 0 aliphatic carbocycles. The monoisotopic (exact) mass is 455 g/mol. The van der Waals surface area contributed by atoms with Crippen molar-refractivity contribution in [3.05, 3.63) is 84.1 Å². The van der Waals surface area contributed by atoms with Crippen LogP contribution in [0, 0.1) is 6.92 Å². The molecule has 1 aromatic heterocycles. The van der Waals surface area contributed by atoms with Crippen molar-refractivity contribution in [3.8, 4) is 22.6 Å². The molecule has 5 nitrogen and oxygen atoms in total. The number of fused-ring (bicyclic) bond motifs is 1. The minimum Gasteiger partial charge on any atom is -0.494 e. The van der Waals surface area contributed by atoms with Gasteiger partial charge in [-0.05, 0) is 68.7 Å². The smallest absolute Gasteiger partial charge is 0.248 e. The molecule has 4 aromatic rings. The van der Waals surface area contributed by atoms with E-state index in [1.54, 1.807) is 12.3 Å². The van der Waals surface area contributed by atoms with Crippen LogP contribution in [0.2, 0.25) is 0 Å². The van der Waals surface area contributed by atoms with Crippen molar-refractivity contribution in [2.45, 2.75) is 27.7 Å². The molecule has 0 radical (unpaired) electrons. The summed E-state index contributed by atoms with van der Waals surface area (Å²) in [6.45, 7) is 8.91. The number of ether oxygens (including phenoxy) is 2. The number of anilines is 1. The largest absolute Gasteiger partial charge is 0.494 e. The van der Waals surface area contributed by atoms with Gasteiger partial charge in [0.15, 0.2) is 0 Å². The van der Waals surface area contributed by atoms with Gasteiger partial charge in [-0.2, -0.15) is 0 Å². The van der Waals surface area contributed by atoms with Crippen molar-refractivity contribution >= 4 is 28.1 Å². The summed E-state index contributed by atoms with van der Waals surface area (Å²) in [4.78, 5) is 12.7. The van der Waals surface area contributed by atoms with Crippen LogP contribution in [-0.4, -0.2) is 19.1 Å². The molecule has 1 amide bonds. The van der Waals surface area contributed by atoms with Crippen LogP contribution in [0.3, 0.4) is 0 Å². The van der Waals surface area contributed by atoms with E-state index in [1.807, 2.05) is 88.4 Å². The standard InChI is InChI=1S/C29H29NO4/c1-5-32-22-13-11-21(12-14-22)25-18-34-28-17-27(33-6-2)23(16-24(25)28)20(4)15-29(31)30-26-10-8-7-9-19(26)3/h7-18H,5-6H2,1-4H3,(H,30,31)/b20-15+. The zero-order valence-corrected chi connectivity index (χ0v) is 20.0. The van der Waals surface area contributed by atoms with E-state index < -0.39 is 0 Å². The summed E-state index contributed by atoms with van der Waals surface area (Å²) in [5.41, 5.74) is 6.18.